The highest BCUT2D eigenvalue weighted by atomic mass is 35.5. The zero-order chi connectivity index (χ0) is 15.4. The van der Waals surface area contributed by atoms with E-state index < -0.39 is 12.0 Å². The molecule has 1 aromatic rings. The average molecular weight is 347 g/mol. The SMILES string of the molecule is CC(NC(=O)CN1CCC[C@@H]1C(=O)O)c1ccccc1Cl.Cl. The zero-order valence-electron chi connectivity index (χ0n) is 12.3. The van der Waals surface area contributed by atoms with Gasteiger partial charge in [0.1, 0.15) is 6.04 Å². The normalized spacial score (nSPS) is 19.3. The third-order valence-electron chi connectivity index (χ3n) is 3.74. The molecule has 1 amide bonds. The fourth-order valence-corrected chi connectivity index (χ4v) is 2.97. The largest absolute Gasteiger partial charge is 0.480 e. The number of carbonyl (C=O) groups excluding carboxylic acids is 1. The van der Waals surface area contributed by atoms with Crippen molar-refractivity contribution in [3.05, 3.63) is 34.9 Å². The minimum atomic E-state index is -0.862. The lowest BCUT2D eigenvalue weighted by atomic mass is 10.1. The van der Waals surface area contributed by atoms with Crippen molar-refractivity contribution in [1.82, 2.24) is 10.2 Å². The smallest absolute Gasteiger partial charge is 0.320 e. The second-order valence-corrected chi connectivity index (χ2v) is 5.68. The van der Waals surface area contributed by atoms with Crippen molar-refractivity contribution in [3.63, 3.8) is 0 Å². The quantitative estimate of drug-likeness (QED) is 0.859. The molecule has 22 heavy (non-hydrogen) atoms. The van der Waals surface area contributed by atoms with Gasteiger partial charge in [0.15, 0.2) is 0 Å². The first-order valence-corrected chi connectivity index (χ1v) is 7.37. The molecule has 7 heteroatoms. The predicted molar refractivity (Wildman–Crippen MR) is 87.5 cm³/mol. The third kappa shape index (κ3) is 4.60. The summed E-state index contributed by atoms with van der Waals surface area (Å²) < 4.78 is 0. The number of nitrogens with zero attached hydrogens (tertiary/aromatic N) is 1. The number of nitrogens with one attached hydrogen (secondary N) is 1. The molecular weight excluding hydrogens is 327 g/mol. The number of halogens is 2. The number of benzene rings is 1. The molecule has 1 fully saturated rings. The highest BCUT2D eigenvalue weighted by Crippen LogP contribution is 2.22. The van der Waals surface area contributed by atoms with Crippen molar-refractivity contribution in [2.24, 2.45) is 0 Å². The summed E-state index contributed by atoms with van der Waals surface area (Å²) in [6, 6.07) is 6.58. The van der Waals surface area contributed by atoms with Crippen molar-refractivity contribution >= 4 is 35.9 Å². The molecule has 0 spiro atoms. The number of aliphatic carboxylic acids is 1. The first kappa shape index (κ1) is 18.7. The fraction of sp³-hybridized carbons (Fsp3) is 0.467. The minimum absolute atomic E-state index is 0. The Hall–Kier alpha value is -1.30. The van der Waals surface area contributed by atoms with E-state index in [1.807, 2.05) is 25.1 Å². The number of rotatable bonds is 5. The minimum Gasteiger partial charge on any atom is -0.480 e. The Balaban J connectivity index is 0.00000242. The van der Waals surface area contributed by atoms with Gasteiger partial charge in [-0.3, -0.25) is 14.5 Å². The molecule has 1 aromatic carbocycles. The van der Waals surface area contributed by atoms with Gasteiger partial charge in [-0.15, -0.1) is 12.4 Å². The molecule has 1 aliphatic heterocycles. The molecule has 1 heterocycles. The fourth-order valence-electron chi connectivity index (χ4n) is 2.67. The Labute approximate surface area is 141 Å². The second-order valence-electron chi connectivity index (χ2n) is 5.28. The molecule has 0 aromatic heterocycles. The Morgan fingerprint density at radius 1 is 1.45 bits per heavy atom. The van der Waals surface area contributed by atoms with E-state index in [9.17, 15) is 9.59 Å². The number of carbonyl (C=O) groups is 2. The van der Waals surface area contributed by atoms with Crippen molar-refractivity contribution in [1.29, 1.82) is 0 Å². The Kier molecular flexibility index (Phi) is 7.13. The van der Waals surface area contributed by atoms with Crippen LogP contribution >= 0.6 is 24.0 Å². The lowest BCUT2D eigenvalue weighted by Crippen LogP contribution is -2.43. The van der Waals surface area contributed by atoms with Crippen LogP contribution in [0.1, 0.15) is 31.4 Å². The van der Waals surface area contributed by atoms with Crippen molar-refractivity contribution in [3.8, 4) is 0 Å². The number of hydrogen-bond acceptors (Lipinski definition) is 3. The van der Waals surface area contributed by atoms with Crippen LogP contribution in [-0.4, -0.2) is 41.0 Å². The molecular formula is C15H20Cl2N2O3. The summed E-state index contributed by atoms with van der Waals surface area (Å²) in [5.41, 5.74) is 0.851. The summed E-state index contributed by atoms with van der Waals surface area (Å²) in [6.07, 6.45) is 1.41. The van der Waals surface area contributed by atoms with Crippen LogP contribution < -0.4 is 5.32 Å². The number of carboxylic acids is 1. The number of likely N-dealkylation sites (tertiary alicyclic amines) is 1. The van der Waals surface area contributed by atoms with E-state index in [1.165, 1.54) is 0 Å². The van der Waals surface area contributed by atoms with Crippen LogP contribution in [0.3, 0.4) is 0 Å². The van der Waals surface area contributed by atoms with Crippen LogP contribution in [0, 0.1) is 0 Å². The molecule has 0 aliphatic carbocycles. The van der Waals surface area contributed by atoms with Crippen LogP contribution in [0.2, 0.25) is 5.02 Å². The Morgan fingerprint density at radius 2 is 2.14 bits per heavy atom. The summed E-state index contributed by atoms with van der Waals surface area (Å²) in [7, 11) is 0. The standard InChI is InChI=1S/C15H19ClN2O3.ClH/c1-10(11-5-2-3-6-12(11)16)17-14(19)9-18-8-4-7-13(18)15(20)21;/h2-3,5-6,10,13H,4,7-9H2,1H3,(H,17,19)(H,20,21);1H/t10?,13-;/m1./s1. The zero-order valence-corrected chi connectivity index (χ0v) is 13.9. The van der Waals surface area contributed by atoms with E-state index >= 15 is 0 Å². The van der Waals surface area contributed by atoms with Gasteiger partial charge in [0.05, 0.1) is 12.6 Å². The van der Waals surface area contributed by atoms with Crippen molar-refractivity contribution in [2.75, 3.05) is 13.1 Å². The molecule has 0 bridgehead atoms. The summed E-state index contributed by atoms with van der Waals surface area (Å²) in [5.74, 6) is -1.05. The molecule has 0 radical (unpaired) electrons. The van der Waals surface area contributed by atoms with Gasteiger partial charge in [-0.1, -0.05) is 29.8 Å². The van der Waals surface area contributed by atoms with Gasteiger partial charge < -0.3 is 10.4 Å². The van der Waals surface area contributed by atoms with Crippen LogP contribution in [0.4, 0.5) is 0 Å². The topological polar surface area (TPSA) is 69.6 Å². The summed E-state index contributed by atoms with van der Waals surface area (Å²) in [6.45, 7) is 2.61. The summed E-state index contributed by atoms with van der Waals surface area (Å²) >= 11 is 6.10. The lowest BCUT2D eigenvalue weighted by molar-refractivity contribution is -0.142. The molecule has 122 valence electrons. The Morgan fingerprint density at radius 3 is 2.77 bits per heavy atom. The van der Waals surface area contributed by atoms with Gasteiger partial charge in [-0.05, 0) is 37.9 Å². The van der Waals surface area contributed by atoms with E-state index in [-0.39, 0.29) is 30.9 Å². The van der Waals surface area contributed by atoms with E-state index in [0.717, 1.165) is 12.0 Å². The monoisotopic (exact) mass is 346 g/mol. The van der Waals surface area contributed by atoms with Crippen LogP contribution in [0.15, 0.2) is 24.3 Å². The molecule has 1 saturated heterocycles. The highest BCUT2D eigenvalue weighted by Gasteiger charge is 2.31. The first-order valence-electron chi connectivity index (χ1n) is 6.99. The predicted octanol–water partition coefficient (Wildman–Crippen LogP) is 2.49. The average Bonchev–Trinajstić information content (AvgIpc) is 2.87. The van der Waals surface area contributed by atoms with Crippen LogP contribution in [-0.2, 0) is 9.59 Å². The van der Waals surface area contributed by atoms with Crippen LogP contribution in [0.5, 0.6) is 0 Å². The maximum Gasteiger partial charge on any atom is 0.320 e. The van der Waals surface area contributed by atoms with Crippen molar-refractivity contribution in [2.45, 2.75) is 31.8 Å². The second kappa shape index (κ2) is 8.36. The van der Waals surface area contributed by atoms with E-state index in [4.69, 9.17) is 16.7 Å². The Bertz CT molecular complexity index is 539. The molecule has 2 rings (SSSR count). The molecule has 0 saturated carbocycles. The van der Waals surface area contributed by atoms with Gasteiger partial charge in [-0.25, -0.2) is 0 Å². The summed E-state index contributed by atoms with van der Waals surface area (Å²) in [4.78, 5) is 24.9. The molecule has 5 nitrogen and oxygen atoms in total. The van der Waals surface area contributed by atoms with E-state index in [0.29, 0.717) is 18.0 Å². The van der Waals surface area contributed by atoms with Crippen molar-refractivity contribution < 1.29 is 14.7 Å². The summed E-state index contributed by atoms with van der Waals surface area (Å²) in [5, 5.41) is 12.6. The van der Waals surface area contributed by atoms with Gasteiger partial charge in [0, 0.05) is 5.02 Å². The third-order valence-corrected chi connectivity index (χ3v) is 4.09. The van der Waals surface area contributed by atoms with Gasteiger partial charge in [0.25, 0.3) is 0 Å². The van der Waals surface area contributed by atoms with Gasteiger partial charge in [-0.2, -0.15) is 0 Å². The molecule has 1 aliphatic rings. The van der Waals surface area contributed by atoms with E-state index in [1.54, 1.807) is 11.0 Å². The molecule has 2 N–H and O–H groups in total. The number of amides is 1. The van der Waals surface area contributed by atoms with Crippen LogP contribution in [0.25, 0.3) is 0 Å². The first-order chi connectivity index (χ1) is 9.99. The number of hydrogen-bond donors (Lipinski definition) is 2. The van der Waals surface area contributed by atoms with Gasteiger partial charge >= 0.3 is 5.97 Å². The van der Waals surface area contributed by atoms with Gasteiger partial charge in [0.2, 0.25) is 5.91 Å². The molecule has 1 unspecified atom stereocenters. The highest BCUT2D eigenvalue weighted by molar-refractivity contribution is 6.31. The molecule has 2 atom stereocenters. The van der Waals surface area contributed by atoms with E-state index in [2.05, 4.69) is 5.32 Å². The lowest BCUT2D eigenvalue weighted by Gasteiger charge is -2.22. The maximum atomic E-state index is 12.1. The maximum absolute atomic E-state index is 12.1. The number of carboxylic acid groups (broad SMARTS) is 1.